The monoisotopic (exact) mass is 285 g/mol. The predicted molar refractivity (Wildman–Crippen MR) is 86.0 cm³/mol. The molecule has 3 rings (SSSR count). The summed E-state index contributed by atoms with van der Waals surface area (Å²) in [6.45, 7) is 0.365. The lowest BCUT2D eigenvalue weighted by Gasteiger charge is -2.16. The summed E-state index contributed by atoms with van der Waals surface area (Å²) in [4.78, 5) is 12.3. The Labute approximate surface area is 125 Å². The topological polar surface area (TPSA) is 60.0 Å². The summed E-state index contributed by atoms with van der Waals surface area (Å²) < 4.78 is 1.97. The number of hydrogen-bond acceptors (Lipinski definition) is 2. The third-order valence-electron chi connectivity index (χ3n) is 4.33. The molecule has 0 atom stereocenters. The average Bonchev–Trinajstić information content (AvgIpc) is 2.68. The number of carbonyl (C=O) groups is 1. The van der Waals surface area contributed by atoms with E-state index in [4.69, 9.17) is 5.73 Å². The Morgan fingerprint density at radius 1 is 1.19 bits per heavy atom. The molecule has 0 saturated heterocycles. The van der Waals surface area contributed by atoms with Crippen LogP contribution in [0.4, 0.5) is 5.69 Å². The van der Waals surface area contributed by atoms with Gasteiger partial charge in [-0.3, -0.25) is 4.79 Å². The zero-order valence-electron chi connectivity index (χ0n) is 12.3. The first-order valence-corrected chi connectivity index (χ1v) is 7.86. The van der Waals surface area contributed by atoms with Gasteiger partial charge < -0.3 is 15.6 Å². The largest absolute Gasteiger partial charge is 0.399 e. The highest BCUT2D eigenvalue weighted by Gasteiger charge is 2.15. The third-order valence-corrected chi connectivity index (χ3v) is 4.33. The third kappa shape index (κ3) is 3.38. The first-order chi connectivity index (χ1) is 10.2. The lowest BCUT2D eigenvalue weighted by Crippen LogP contribution is -2.36. The van der Waals surface area contributed by atoms with Crippen LogP contribution in [0.15, 0.2) is 30.5 Å². The Morgan fingerprint density at radius 2 is 1.95 bits per heavy atom. The summed E-state index contributed by atoms with van der Waals surface area (Å²) in [7, 11) is 0. The van der Waals surface area contributed by atoms with Gasteiger partial charge in [0, 0.05) is 17.9 Å². The number of fused-ring (bicyclic) bond motifs is 1. The lowest BCUT2D eigenvalue weighted by molar-refractivity contribution is -0.122. The molecular formula is C17H23N3O. The van der Waals surface area contributed by atoms with Crippen molar-refractivity contribution in [2.24, 2.45) is 0 Å². The molecule has 1 aromatic carbocycles. The van der Waals surface area contributed by atoms with Crippen molar-refractivity contribution in [3.63, 3.8) is 0 Å². The number of nitrogens with two attached hydrogens (primary N) is 1. The van der Waals surface area contributed by atoms with Crippen LogP contribution in [0, 0.1) is 0 Å². The second kappa shape index (κ2) is 6.20. The quantitative estimate of drug-likeness (QED) is 0.672. The van der Waals surface area contributed by atoms with E-state index in [1.807, 2.05) is 35.0 Å². The summed E-state index contributed by atoms with van der Waals surface area (Å²) in [5.41, 5.74) is 7.58. The molecule has 1 aromatic heterocycles. The van der Waals surface area contributed by atoms with E-state index in [9.17, 15) is 4.79 Å². The molecule has 21 heavy (non-hydrogen) atoms. The van der Waals surface area contributed by atoms with Crippen LogP contribution < -0.4 is 11.1 Å². The lowest BCUT2D eigenvalue weighted by atomic mass is 10.1. The normalized spacial score (nSPS) is 16.8. The van der Waals surface area contributed by atoms with Crippen molar-refractivity contribution >= 4 is 22.5 Å². The Hall–Kier alpha value is -1.97. The minimum absolute atomic E-state index is 0.0989. The van der Waals surface area contributed by atoms with Crippen LogP contribution in [0.1, 0.15) is 38.5 Å². The van der Waals surface area contributed by atoms with Gasteiger partial charge in [-0.1, -0.05) is 31.7 Å². The highest BCUT2D eigenvalue weighted by molar-refractivity contribution is 5.85. The van der Waals surface area contributed by atoms with Crippen molar-refractivity contribution in [2.45, 2.75) is 51.1 Å². The van der Waals surface area contributed by atoms with Gasteiger partial charge in [0.25, 0.3) is 0 Å². The fraction of sp³-hybridized carbons (Fsp3) is 0.471. The van der Waals surface area contributed by atoms with E-state index < -0.39 is 0 Å². The van der Waals surface area contributed by atoms with Crippen LogP contribution in [0.2, 0.25) is 0 Å². The minimum Gasteiger partial charge on any atom is -0.399 e. The van der Waals surface area contributed by atoms with Gasteiger partial charge in [0.15, 0.2) is 0 Å². The van der Waals surface area contributed by atoms with Crippen molar-refractivity contribution < 1.29 is 4.79 Å². The zero-order valence-corrected chi connectivity index (χ0v) is 12.3. The van der Waals surface area contributed by atoms with Gasteiger partial charge >= 0.3 is 0 Å². The first kappa shape index (κ1) is 14.0. The van der Waals surface area contributed by atoms with Gasteiger partial charge in [-0.05, 0) is 36.4 Å². The Kier molecular flexibility index (Phi) is 4.13. The summed E-state index contributed by atoms with van der Waals surface area (Å²) in [6.07, 6.45) is 9.25. The van der Waals surface area contributed by atoms with Crippen LogP contribution >= 0.6 is 0 Å². The molecule has 4 heteroatoms. The molecule has 3 N–H and O–H groups in total. The smallest absolute Gasteiger partial charge is 0.240 e. The van der Waals surface area contributed by atoms with Gasteiger partial charge in [0.05, 0.1) is 5.52 Å². The summed E-state index contributed by atoms with van der Waals surface area (Å²) in [5.74, 6) is 0.0989. The molecule has 1 aliphatic carbocycles. The maximum absolute atomic E-state index is 12.3. The Balaban J connectivity index is 1.67. The van der Waals surface area contributed by atoms with Crippen LogP contribution in [0.5, 0.6) is 0 Å². The van der Waals surface area contributed by atoms with Crippen molar-refractivity contribution in [3.05, 3.63) is 30.5 Å². The molecular weight excluding hydrogens is 262 g/mol. The molecule has 2 aromatic rings. The number of rotatable bonds is 3. The van der Waals surface area contributed by atoms with Gasteiger partial charge in [-0.25, -0.2) is 0 Å². The van der Waals surface area contributed by atoms with Gasteiger partial charge in [0.1, 0.15) is 6.54 Å². The molecule has 1 fully saturated rings. The van der Waals surface area contributed by atoms with Gasteiger partial charge in [0.2, 0.25) is 5.91 Å². The molecule has 0 unspecified atom stereocenters. The number of anilines is 1. The minimum atomic E-state index is 0.0989. The highest BCUT2D eigenvalue weighted by atomic mass is 16.2. The standard InChI is InChI=1S/C17H23N3O/c18-14-8-7-13-9-10-20(16(13)11-14)12-17(21)19-15-5-3-1-2-4-6-15/h7-11,15H,1-6,12,18H2,(H,19,21). The van der Waals surface area contributed by atoms with Gasteiger partial charge in [-0.15, -0.1) is 0 Å². The van der Waals surface area contributed by atoms with E-state index in [0.29, 0.717) is 12.6 Å². The molecule has 1 amide bonds. The predicted octanol–water partition coefficient (Wildman–Crippen LogP) is 3.06. The summed E-state index contributed by atoms with van der Waals surface area (Å²) in [5, 5.41) is 4.30. The van der Waals surface area contributed by atoms with Crippen molar-refractivity contribution in [1.82, 2.24) is 9.88 Å². The molecule has 0 spiro atoms. The molecule has 1 aliphatic rings. The SMILES string of the molecule is Nc1ccc2ccn(CC(=O)NC3CCCCCC3)c2c1. The Morgan fingerprint density at radius 3 is 2.71 bits per heavy atom. The van der Waals surface area contributed by atoms with E-state index in [2.05, 4.69) is 5.32 Å². The number of amides is 1. The maximum Gasteiger partial charge on any atom is 0.240 e. The van der Waals surface area contributed by atoms with E-state index in [0.717, 1.165) is 29.4 Å². The van der Waals surface area contributed by atoms with Crippen LogP contribution in [-0.4, -0.2) is 16.5 Å². The fourth-order valence-corrected chi connectivity index (χ4v) is 3.19. The molecule has 112 valence electrons. The van der Waals surface area contributed by atoms with E-state index >= 15 is 0 Å². The van der Waals surface area contributed by atoms with E-state index in [-0.39, 0.29) is 5.91 Å². The number of carbonyl (C=O) groups excluding carboxylic acids is 1. The van der Waals surface area contributed by atoms with E-state index in [1.165, 1.54) is 25.7 Å². The van der Waals surface area contributed by atoms with E-state index in [1.54, 1.807) is 0 Å². The highest BCUT2D eigenvalue weighted by Crippen LogP contribution is 2.19. The molecule has 1 heterocycles. The van der Waals surface area contributed by atoms with Crippen LogP contribution in [-0.2, 0) is 11.3 Å². The van der Waals surface area contributed by atoms with Crippen LogP contribution in [0.3, 0.4) is 0 Å². The number of aromatic nitrogens is 1. The number of hydrogen-bond donors (Lipinski definition) is 2. The molecule has 0 radical (unpaired) electrons. The number of benzene rings is 1. The summed E-state index contributed by atoms with van der Waals surface area (Å²) >= 11 is 0. The maximum atomic E-state index is 12.3. The number of nitrogens with one attached hydrogen (secondary N) is 1. The average molecular weight is 285 g/mol. The molecule has 1 saturated carbocycles. The fourth-order valence-electron chi connectivity index (χ4n) is 3.19. The first-order valence-electron chi connectivity index (χ1n) is 7.86. The molecule has 0 bridgehead atoms. The van der Waals surface area contributed by atoms with Crippen molar-refractivity contribution in [1.29, 1.82) is 0 Å². The summed E-state index contributed by atoms with van der Waals surface area (Å²) in [6, 6.07) is 8.18. The zero-order chi connectivity index (χ0) is 14.7. The Bertz CT molecular complexity index is 624. The second-order valence-electron chi connectivity index (χ2n) is 6.02. The molecule has 0 aliphatic heterocycles. The van der Waals surface area contributed by atoms with Crippen LogP contribution in [0.25, 0.3) is 10.9 Å². The molecule has 4 nitrogen and oxygen atoms in total. The second-order valence-corrected chi connectivity index (χ2v) is 6.02. The van der Waals surface area contributed by atoms with Crippen molar-refractivity contribution in [2.75, 3.05) is 5.73 Å². The number of nitrogen functional groups attached to an aromatic ring is 1. The number of nitrogens with zero attached hydrogens (tertiary/aromatic N) is 1. The van der Waals surface area contributed by atoms with Crippen molar-refractivity contribution in [3.8, 4) is 0 Å². The van der Waals surface area contributed by atoms with Gasteiger partial charge in [-0.2, -0.15) is 0 Å².